The van der Waals surface area contributed by atoms with Gasteiger partial charge in [0.25, 0.3) is 0 Å². The fraction of sp³-hybridized carbons (Fsp3) is 0.474. The molecule has 1 aromatic carbocycles. The number of methoxy groups -OCH3 is 1. The van der Waals surface area contributed by atoms with Crippen LogP contribution in [0.15, 0.2) is 36.5 Å². The predicted octanol–water partition coefficient (Wildman–Crippen LogP) is 3.51. The van der Waals surface area contributed by atoms with Crippen LogP contribution in [-0.4, -0.2) is 36.4 Å². The first-order valence-corrected chi connectivity index (χ1v) is 8.51. The number of hydrogen-bond acceptors (Lipinski definition) is 5. The maximum Gasteiger partial charge on any atom is 0.466 e. The van der Waals surface area contributed by atoms with E-state index in [2.05, 4.69) is 4.98 Å². The van der Waals surface area contributed by atoms with Crippen LogP contribution in [0.2, 0.25) is 0 Å². The van der Waals surface area contributed by atoms with Crippen LogP contribution in [0.1, 0.15) is 45.5 Å². The largest absolute Gasteiger partial charge is 0.469 e. The molecule has 1 unspecified atom stereocenters. The summed E-state index contributed by atoms with van der Waals surface area (Å²) in [5.74, 6) is -0.538. The Hall–Kier alpha value is -1.92. The molecule has 6 heteroatoms. The molecule has 25 heavy (non-hydrogen) atoms. The van der Waals surface area contributed by atoms with Crippen molar-refractivity contribution in [1.29, 1.82) is 0 Å². The number of carbonyl (C=O) groups is 1. The highest BCUT2D eigenvalue weighted by molar-refractivity contribution is 6.48. The number of rotatable bonds is 4. The first-order valence-electron chi connectivity index (χ1n) is 8.51. The van der Waals surface area contributed by atoms with Gasteiger partial charge in [0.1, 0.15) is 0 Å². The lowest BCUT2D eigenvalue weighted by Crippen LogP contribution is -2.41. The van der Waals surface area contributed by atoms with Gasteiger partial charge in [-0.2, -0.15) is 0 Å². The van der Waals surface area contributed by atoms with Crippen LogP contribution >= 0.6 is 0 Å². The smallest absolute Gasteiger partial charge is 0.466 e. The lowest BCUT2D eigenvalue weighted by atomic mass is 9.66. The molecular formula is C19H24BNO4. The first kappa shape index (κ1) is 17.9. The summed E-state index contributed by atoms with van der Waals surface area (Å²) in [6.45, 7) is 8.03. The number of fused-ring (bicyclic) bond motifs is 1. The summed E-state index contributed by atoms with van der Waals surface area (Å²) in [5.41, 5.74) is 0.982. The number of esters is 1. The standard InChI is InChI=1S/C19H24BNO4/c1-18(2)19(3,4)25-20(24-18)15(12-17(22)23-5)13-8-9-16-14(11-13)7-6-10-21-16/h6-11,15H,12H2,1-5H3. The molecule has 0 radical (unpaired) electrons. The number of ether oxygens (including phenoxy) is 1. The van der Waals surface area contributed by atoms with Crippen LogP contribution in [0.25, 0.3) is 10.9 Å². The third kappa shape index (κ3) is 3.41. The highest BCUT2D eigenvalue weighted by atomic mass is 16.7. The maximum absolute atomic E-state index is 12.0. The van der Waals surface area contributed by atoms with Gasteiger partial charge in [-0.05, 0) is 51.5 Å². The van der Waals surface area contributed by atoms with Crippen LogP contribution in [-0.2, 0) is 18.8 Å². The zero-order chi connectivity index (χ0) is 18.2. The predicted molar refractivity (Wildman–Crippen MR) is 97.2 cm³/mol. The zero-order valence-electron chi connectivity index (χ0n) is 15.4. The van der Waals surface area contributed by atoms with Gasteiger partial charge in [-0.25, -0.2) is 0 Å². The Morgan fingerprint density at radius 1 is 1.20 bits per heavy atom. The van der Waals surface area contributed by atoms with Crippen LogP contribution < -0.4 is 0 Å². The Balaban J connectivity index is 1.98. The number of benzene rings is 1. The van der Waals surface area contributed by atoms with Gasteiger partial charge in [0.15, 0.2) is 0 Å². The minimum absolute atomic E-state index is 0.194. The average molecular weight is 341 g/mol. The van der Waals surface area contributed by atoms with Crippen LogP contribution in [0, 0.1) is 0 Å². The van der Waals surface area contributed by atoms with Gasteiger partial charge in [-0.15, -0.1) is 0 Å². The highest BCUT2D eigenvalue weighted by Crippen LogP contribution is 2.42. The van der Waals surface area contributed by atoms with Crippen molar-refractivity contribution in [3.63, 3.8) is 0 Å². The average Bonchev–Trinajstić information content (AvgIpc) is 2.79. The third-order valence-corrected chi connectivity index (χ3v) is 5.27. The lowest BCUT2D eigenvalue weighted by molar-refractivity contribution is -0.140. The van der Waals surface area contributed by atoms with E-state index >= 15 is 0 Å². The Labute approximate surface area is 148 Å². The highest BCUT2D eigenvalue weighted by Gasteiger charge is 2.54. The molecule has 0 saturated carbocycles. The second kappa shape index (κ2) is 6.43. The minimum Gasteiger partial charge on any atom is -0.469 e. The molecule has 5 nitrogen and oxygen atoms in total. The van der Waals surface area contributed by atoms with Crippen molar-refractivity contribution in [2.45, 2.75) is 51.1 Å². The number of aromatic nitrogens is 1. The van der Waals surface area contributed by atoms with E-state index in [4.69, 9.17) is 14.0 Å². The van der Waals surface area contributed by atoms with Crippen LogP contribution in [0.5, 0.6) is 0 Å². The molecule has 1 aliphatic rings. The summed E-state index contributed by atoms with van der Waals surface area (Å²) in [7, 11) is 0.881. The van der Waals surface area contributed by atoms with Crippen LogP contribution in [0.3, 0.4) is 0 Å². The van der Waals surface area contributed by atoms with E-state index in [0.717, 1.165) is 16.5 Å². The molecule has 0 aliphatic carbocycles. The molecular weight excluding hydrogens is 317 g/mol. The molecule has 3 rings (SSSR count). The van der Waals surface area contributed by atoms with Gasteiger partial charge in [-0.3, -0.25) is 9.78 Å². The van der Waals surface area contributed by atoms with Gasteiger partial charge in [0, 0.05) is 17.4 Å². The molecule has 1 fully saturated rings. The lowest BCUT2D eigenvalue weighted by Gasteiger charge is -2.32. The van der Waals surface area contributed by atoms with E-state index in [0.29, 0.717) is 0 Å². The Morgan fingerprint density at radius 3 is 2.52 bits per heavy atom. The second-order valence-corrected chi connectivity index (χ2v) is 7.47. The summed E-state index contributed by atoms with van der Waals surface area (Å²) < 4.78 is 17.3. The van der Waals surface area contributed by atoms with Crippen molar-refractivity contribution in [2.24, 2.45) is 0 Å². The molecule has 0 bridgehead atoms. The second-order valence-electron chi connectivity index (χ2n) is 7.47. The molecule has 0 amide bonds. The van der Waals surface area contributed by atoms with Crippen molar-refractivity contribution in [1.82, 2.24) is 4.98 Å². The molecule has 0 N–H and O–H groups in total. The van der Waals surface area contributed by atoms with E-state index in [9.17, 15) is 4.79 Å². The van der Waals surface area contributed by atoms with E-state index in [1.165, 1.54) is 7.11 Å². The number of pyridine rings is 1. The molecule has 1 aromatic heterocycles. The molecule has 1 aliphatic heterocycles. The maximum atomic E-state index is 12.0. The number of carbonyl (C=O) groups excluding carboxylic acids is 1. The summed E-state index contributed by atoms with van der Waals surface area (Å²) in [6, 6.07) is 9.89. The molecule has 132 valence electrons. The topological polar surface area (TPSA) is 57.7 Å². The number of nitrogens with zero attached hydrogens (tertiary/aromatic N) is 1. The molecule has 2 heterocycles. The van der Waals surface area contributed by atoms with Crippen molar-refractivity contribution < 1.29 is 18.8 Å². The summed E-state index contributed by atoms with van der Waals surface area (Å²) >= 11 is 0. The molecule has 2 aromatic rings. The van der Waals surface area contributed by atoms with E-state index in [1.54, 1.807) is 6.20 Å². The van der Waals surface area contributed by atoms with Crippen molar-refractivity contribution in [3.05, 3.63) is 42.1 Å². The van der Waals surface area contributed by atoms with Gasteiger partial charge < -0.3 is 14.0 Å². The fourth-order valence-corrected chi connectivity index (χ4v) is 3.01. The SMILES string of the molecule is COC(=O)CC(B1OC(C)(C)C(C)(C)O1)c1ccc2ncccc2c1. The Kier molecular flexibility index (Phi) is 4.60. The fourth-order valence-electron chi connectivity index (χ4n) is 3.01. The normalized spacial score (nSPS) is 19.8. The summed E-state index contributed by atoms with van der Waals surface area (Å²) in [5, 5.41) is 1.02. The monoisotopic (exact) mass is 341 g/mol. The van der Waals surface area contributed by atoms with Crippen molar-refractivity contribution in [3.8, 4) is 0 Å². The Bertz CT molecular complexity index is 774. The van der Waals surface area contributed by atoms with Gasteiger partial charge >= 0.3 is 13.1 Å². The quantitative estimate of drug-likeness (QED) is 0.629. The van der Waals surface area contributed by atoms with Crippen LogP contribution in [0.4, 0.5) is 0 Å². The molecule has 1 saturated heterocycles. The number of hydrogen-bond donors (Lipinski definition) is 0. The van der Waals surface area contributed by atoms with Gasteiger partial charge in [-0.1, -0.05) is 12.1 Å². The third-order valence-electron chi connectivity index (χ3n) is 5.27. The summed E-state index contributed by atoms with van der Waals surface area (Å²) in [4.78, 5) is 16.3. The van der Waals surface area contributed by atoms with Gasteiger partial charge in [0.2, 0.25) is 0 Å². The van der Waals surface area contributed by atoms with Crippen molar-refractivity contribution in [2.75, 3.05) is 7.11 Å². The van der Waals surface area contributed by atoms with E-state index in [-0.39, 0.29) is 18.2 Å². The van der Waals surface area contributed by atoms with E-state index < -0.39 is 18.3 Å². The molecule has 0 spiro atoms. The zero-order valence-corrected chi connectivity index (χ0v) is 15.4. The van der Waals surface area contributed by atoms with Crippen molar-refractivity contribution >= 4 is 24.0 Å². The van der Waals surface area contributed by atoms with E-state index in [1.807, 2.05) is 58.0 Å². The minimum atomic E-state index is -0.516. The Morgan fingerprint density at radius 2 is 1.88 bits per heavy atom. The summed E-state index contributed by atoms with van der Waals surface area (Å²) in [6.07, 6.45) is 1.96. The first-order chi connectivity index (χ1) is 11.7. The molecule has 1 atom stereocenters. The van der Waals surface area contributed by atoms with Gasteiger partial charge in [0.05, 0.1) is 30.2 Å².